The molecule has 0 radical (unpaired) electrons. The first-order valence-corrected chi connectivity index (χ1v) is 7.74. The van der Waals surface area contributed by atoms with Crippen LogP contribution in [0.15, 0.2) is 36.4 Å². The van der Waals surface area contributed by atoms with Crippen molar-refractivity contribution < 1.29 is 0 Å². The molecule has 1 nitrogen and oxygen atoms in total. The number of benzene rings is 2. The van der Waals surface area contributed by atoms with Crippen molar-refractivity contribution >= 4 is 34.8 Å². The fourth-order valence-electron chi connectivity index (χ4n) is 2.20. The number of nitrogens with one attached hydrogen (secondary N) is 1. The maximum absolute atomic E-state index is 6.31. The van der Waals surface area contributed by atoms with Gasteiger partial charge in [-0.05, 0) is 54.3 Å². The molecule has 0 heterocycles. The molecule has 0 aromatic heterocycles. The van der Waals surface area contributed by atoms with Gasteiger partial charge in [-0.15, -0.1) is 0 Å². The van der Waals surface area contributed by atoms with Gasteiger partial charge in [-0.2, -0.15) is 0 Å². The second-order valence-corrected chi connectivity index (χ2v) is 6.36. The van der Waals surface area contributed by atoms with Crippen molar-refractivity contribution in [3.05, 3.63) is 57.0 Å². The number of hydrogen-bond acceptors (Lipinski definition) is 1. The lowest BCUT2D eigenvalue weighted by atomic mass is 9.99. The summed E-state index contributed by atoms with van der Waals surface area (Å²) < 4.78 is 0. The lowest BCUT2D eigenvalue weighted by Gasteiger charge is -2.13. The number of halogens is 3. The Morgan fingerprint density at radius 1 is 0.900 bits per heavy atom. The SMILES string of the molecule is Clc1ccc(Cl)c(-c2cc(Cl)ccc2CNC2CC2)c1. The molecule has 1 fully saturated rings. The smallest absolute Gasteiger partial charge is 0.0485 e. The fourth-order valence-corrected chi connectivity index (χ4v) is 2.76. The minimum absolute atomic E-state index is 0.661. The molecule has 3 rings (SSSR count). The molecule has 1 aliphatic carbocycles. The minimum atomic E-state index is 0.661. The molecule has 20 heavy (non-hydrogen) atoms. The Hall–Kier alpha value is -0.730. The van der Waals surface area contributed by atoms with Crippen LogP contribution in [0.1, 0.15) is 18.4 Å². The molecule has 1 saturated carbocycles. The third kappa shape index (κ3) is 3.29. The minimum Gasteiger partial charge on any atom is -0.310 e. The van der Waals surface area contributed by atoms with E-state index in [4.69, 9.17) is 34.8 Å². The van der Waals surface area contributed by atoms with Gasteiger partial charge in [-0.3, -0.25) is 0 Å². The highest BCUT2D eigenvalue weighted by Gasteiger charge is 2.21. The molecule has 1 N–H and O–H groups in total. The predicted molar refractivity (Wildman–Crippen MR) is 86.8 cm³/mol. The predicted octanol–water partition coefficient (Wildman–Crippen LogP) is 5.57. The van der Waals surface area contributed by atoms with E-state index in [1.807, 2.05) is 30.3 Å². The highest BCUT2D eigenvalue weighted by Crippen LogP contribution is 2.34. The summed E-state index contributed by atoms with van der Waals surface area (Å²) >= 11 is 18.5. The molecule has 2 aromatic carbocycles. The lowest BCUT2D eigenvalue weighted by molar-refractivity contribution is 0.689. The molecular weight excluding hydrogens is 313 g/mol. The van der Waals surface area contributed by atoms with Crippen LogP contribution in [0.4, 0.5) is 0 Å². The Morgan fingerprint density at radius 2 is 1.55 bits per heavy atom. The maximum Gasteiger partial charge on any atom is 0.0485 e. The quantitative estimate of drug-likeness (QED) is 0.775. The summed E-state index contributed by atoms with van der Waals surface area (Å²) in [6, 6.07) is 12.1. The summed E-state index contributed by atoms with van der Waals surface area (Å²) in [5.74, 6) is 0. The molecule has 104 valence electrons. The van der Waals surface area contributed by atoms with Crippen molar-refractivity contribution in [3.63, 3.8) is 0 Å². The van der Waals surface area contributed by atoms with Gasteiger partial charge < -0.3 is 5.32 Å². The van der Waals surface area contributed by atoms with Gasteiger partial charge >= 0.3 is 0 Å². The summed E-state index contributed by atoms with van der Waals surface area (Å²) in [6.45, 7) is 0.819. The summed E-state index contributed by atoms with van der Waals surface area (Å²) in [6.07, 6.45) is 2.53. The molecule has 4 heteroatoms. The standard InChI is InChI=1S/C16H14Cl3N/c17-11-2-1-10(9-20-13-4-5-13)14(7-11)15-8-12(18)3-6-16(15)19/h1-3,6-8,13,20H,4-5,9H2. The third-order valence-electron chi connectivity index (χ3n) is 3.45. The Labute approximate surface area is 133 Å². The van der Waals surface area contributed by atoms with Crippen molar-refractivity contribution in [2.45, 2.75) is 25.4 Å². The topological polar surface area (TPSA) is 12.0 Å². The summed E-state index contributed by atoms with van der Waals surface area (Å²) in [5, 5.41) is 5.57. The van der Waals surface area contributed by atoms with E-state index < -0.39 is 0 Å². The van der Waals surface area contributed by atoms with Gasteiger partial charge in [0, 0.05) is 33.2 Å². The normalized spacial score (nSPS) is 14.6. The molecule has 0 unspecified atom stereocenters. The van der Waals surface area contributed by atoms with Gasteiger partial charge in [0.2, 0.25) is 0 Å². The van der Waals surface area contributed by atoms with Crippen LogP contribution in [0, 0.1) is 0 Å². The van der Waals surface area contributed by atoms with Crippen molar-refractivity contribution in [1.82, 2.24) is 5.32 Å². The second kappa shape index (κ2) is 5.95. The van der Waals surface area contributed by atoms with E-state index in [1.165, 1.54) is 18.4 Å². The van der Waals surface area contributed by atoms with Gasteiger partial charge in [0.1, 0.15) is 0 Å². The van der Waals surface area contributed by atoms with Gasteiger partial charge in [0.25, 0.3) is 0 Å². The second-order valence-electron chi connectivity index (χ2n) is 5.08. The van der Waals surface area contributed by atoms with Crippen LogP contribution < -0.4 is 5.32 Å². The molecule has 0 atom stereocenters. The van der Waals surface area contributed by atoms with Crippen molar-refractivity contribution in [2.24, 2.45) is 0 Å². The highest BCUT2D eigenvalue weighted by atomic mass is 35.5. The van der Waals surface area contributed by atoms with Gasteiger partial charge in [0.05, 0.1) is 0 Å². The number of rotatable bonds is 4. The summed E-state index contributed by atoms with van der Waals surface area (Å²) in [7, 11) is 0. The zero-order valence-corrected chi connectivity index (χ0v) is 13.1. The molecule has 0 aliphatic heterocycles. The van der Waals surface area contributed by atoms with Crippen LogP contribution in [-0.2, 0) is 6.54 Å². The van der Waals surface area contributed by atoms with E-state index in [0.29, 0.717) is 21.1 Å². The Bertz CT molecular complexity index is 636. The van der Waals surface area contributed by atoms with Crippen LogP contribution in [0.2, 0.25) is 15.1 Å². The molecule has 0 saturated heterocycles. The molecular formula is C16H14Cl3N. The Kier molecular flexibility index (Phi) is 4.23. The third-order valence-corrected chi connectivity index (χ3v) is 4.25. The van der Waals surface area contributed by atoms with E-state index >= 15 is 0 Å². The van der Waals surface area contributed by atoms with Crippen molar-refractivity contribution in [1.29, 1.82) is 0 Å². The summed E-state index contributed by atoms with van der Waals surface area (Å²) in [4.78, 5) is 0. The molecule has 0 amide bonds. The Balaban J connectivity index is 2.00. The van der Waals surface area contributed by atoms with E-state index in [2.05, 4.69) is 5.32 Å². The molecule has 1 aliphatic rings. The van der Waals surface area contributed by atoms with Crippen LogP contribution in [-0.4, -0.2) is 6.04 Å². The van der Waals surface area contributed by atoms with Gasteiger partial charge in [0.15, 0.2) is 0 Å². The van der Waals surface area contributed by atoms with Crippen LogP contribution in [0.5, 0.6) is 0 Å². The first-order chi connectivity index (χ1) is 9.63. The largest absolute Gasteiger partial charge is 0.310 e. The molecule has 0 spiro atoms. The van der Waals surface area contributed by atoms with Crippen LogP contribution in [0.3, 0.4) is 0 Å². The fraction of sp³-hybridized carbons (Fsp3) is 0.250. The molecule has 0 bridgehead atoms. The first kappa shape index (κ1) is 14.2. The zero-order valence-electron chi connectivity index (χ0n) is 10.8. The monoisotopic (exact) mass is 325 g/mol. The average molecular weight is 327 g/mol. The lowest BCUT2D eigenvalue weighted by Crippen LogP contribution is -2.15. The van der Waals surface area contributed by atoms with Crippen molar-refractivity contribution in [2.75, 3.05) is 0 Å². The highest BCUT2D eigenvalue weighted by molar-refractivity contribution is 6.35. The Morgan fingerprint density at radius 3 is 2.25 bits per heavy atom. The zero-order chi connectivity index (χ0) is 14.1. The van der Waals surface area contributed by atoms with E-state index in [9.17, 15) is 0 Å². The van der Waals surface area contributed by atoms with Gasteiger partial charge in [-0.25, -0.2) is 0 Å². The maximum atomic E-state index is 6.31. The van der Waals surface area contributed by atoms with Gasteiger partial charge in [-0.1, -0.05) is 40.9 Å². The van der Waals surface area contributed by atoms with Crippen LogP contribution in [0.25, 0.3) is 11.1 Å². The molecule has 2 aromatic rings. The van der Waals surface area contributed by atoms with E-state index in [-0.39, 0.29) is 0 Å². The van der Waals surface area contributed by atoms with E-state index in [1.54, 1.807) is 6.07 Å². The average Bonchev–Trinajstić information content (AvgIpc) is 3.24. The van der Waals surface area contributed by atoms with Crippen LogP contribution >= 0.6 is 34.8 Å². The van der Waals surface area contributed by atoms with Crippen molar-refractivity contribution in [3.8, 4) is 11.1 Å². The summed E-state index contributed by atoms with van der Waals surface area (Å²) in [5.41, 5.74) is 3.15. The number of hydrogen-bond donors (Lipinski definition) is 1. The first-order valence-electron chi connectivity index (χ1n) is 6.61. The van der Waals surface area contributed by atoms with E-state index in [0.717, 1.165) is 17.7 Å².